The molecule has 9 heteroatoms. The van der Waals surface area contributed by atoms with Crippen LogP contribution in [-0.4, -0.2) is 20.9 Å². The number of nitrogens with two attached hydrogens (primary N) is 1. The van der Waals surface area contributed by atoms with Crippen molar-refractivity contribution < 1.29 is 8.78 Å². The monoisotopic (exact) mass is 424 g/mol. The summed E-state index contributed by atoms with van der Waals surface area (Å²) in [4.78, 5) is 14.3. The molecule has 28 heavy (non-hydrogen) atoms. The van der Waals surface area contributed by atoms with Crippen molar-refractivity contribution in [3.05, 3.63) is 86.2 Å². The van der Waals surface area contributed by atoms with Crippen LogP contribution in [0.15, 0.2) is 59.4 Å². The Balaban J connectivity index is 0.00000280. The zero-order chi connectivity index (χ0) is 19.2. The topological polar surface area (TPSA) is 65.8 Å². The van der Waals surface area contributed by atoms with Gasteiger partial charge in [0.25, 0.3) is 0 Å². The number of benzene rings is 1. The second-order valence-electron chi connectivity index (χ2n) is 5.86. The van der Waals surface area contributed by atoms with E-state index in [4.69, 9.17) is 5.73 Å². The molecule has 0 atom stereocenters. The Morgan fingerprint density at radius 2 is 1.93 bits per heavy atom. The van der Waals surface area contributed by atoms with Crippen molar-refractivity contribution in [1.82, 2.24) is 14.3 Å². The van der Waals surface area contributed by atoms with E-state index >= 15 is 0 Å². The van der Waals surface area contributed by atoms with Gasteiger partial charge in [0, 0.05) is 16.3 Å². The van der Waals surface area contributed by atoms with E-state index in [0.717, 1.165) is 15.3 Å². The van der Waals surface area contributed by atoms with Crippen LogP contribution in [0.5, 0.6) is 0 Å². The standard InChI is InChI=1S/C19H18F2N4OS.ClH/c20-9-15(10-22)11-25-19(26)24(13-23-25)12-18-8-7-17(27-18)6-3-14-1-4-16(21)5-2-14;/h1-9,13H,10-12,22H2;1H/b6-3+,15-9+;. The van der Waals surface area contributed by atoms with Crippen molar-refractivity contribution in [3.8, 4) is 0 Å². The summed E-state index contributed by atoms with van der Waals surface area (Å²) in [6, 6.07) is 10.1. The average molecular weight is 425 g/mol. The highest BCUT2D eigenvalue weighted by molar-refractivity contribution is 7.12. The van der Waals surface area contributed by atoms with Crippen LogP contribution < -0.4 is 11.4 Å². The van der Waals surface area contributed by atoms with Crippen LogP contribution >= 0.6 is 23.7 Å². The first-order chi connectivity index (χ1) is 13.1. The molecule has 0 saturated carbocycles. The van der Waals surface area contributed by atoms with Gasteiger partial charge in [-0.1, -0.05) is 18.2 Å². The van der Waals surface area contributed by atoms with Gasteiger partial charge in [-0.25, -0.2) is 18.3 Å². The number of rotatable bonds is 7. The van der Waals surface area contributed by atoms with E-state index in [1.807, 2.05) is 24.3 Å². The minimum Gasteiger partial charge on any atom is -0.327 e. The van der Waals surface area contributed by atoms with Crippen LogP contribution in [0.3, 0.4) is 0 Å². The summed E-state index contributed by atoms with van der Waals surface area (Å²) in [5.74, 6) is -0.267. The maximum absolute atomic E-state index is 12.9. The second kappa shape index (κ2) is 10.1. The van der Waals surface area contributed by atoms with E-state index in [1.165, 1.54) is 27.7 Å². The normalized spacial score (nSPS) is 11.8. The molecule has 2 aromatic heterocycles. The fraction of sp³-hybridized carbons (Fsp3) is 0.158. The molecular formula is C19H19ClF2N4OS. The van der Waals surface area contributed by atoms with Crippen molar-refractivity contribution in [2.45, 2.75) is 13.1 Å². The molecule has 0 radical (unpaired) electrons. The third kappa shape index (κ3) is 5.48. The minimum absolute atomic E-state index is 0. The second-order valence-corrected chi connectivity index (χ2v) is 7.06. The molecule has 0 amide bonds. The van der Waals surface area contributed by atoms with E-state index < -0.39 is 0 Å². The molecule has 1 aromatic carbocycles. The van der Waals surface area contributed by atoms with Crippen LogP contribution in [0.1, 0.15) is 15.3 Å². The zero-order valence-electron chi connectivity index (χ0n) is 14.8. The van der Waals surface area contributed by atoms with E-state index in [9.17, 15) is 13.6 Å². The highest BCUT2D eigenvalue weighted by Crippen LogP contribution is 2.20. The third-order valence-electron chi connectivity index (χ3n) is 3.88. The lowest BCUT2D eigenvalue weighted by atomic mass is 10.2. The molecule has 0 aliphatic rings. The van der Waals surface area contributed by atoms with E-state index in [1.54, 1.807) is 23.5 Å². The predicted octanol–water partition coefficient (Wildman–Crippen LogP) is 3.70. The molecule has 2 N–H and O–H groups in total. The molecule has 0 unspecified atom stereocenters. The highest BCUT2D eigenvalue weighted by Gasteiger charge is 2.08. The van der Waals surface area contributed by atoms with Gasteiger partial charge in [0.05, 0.1) is 19.4 Å². The van der Waals surface area contributed by atoms with E-state index in [-0.39, 0.29) is 37.0 Å². The number of hydrogen-bond donors (Lipinski definition) is 1. The summed E-state index contributed by atoms with van der Waals surface area (Å²) in [5.41, 5.74) is 6.29. The van der Waals surface area contributed by atoms with Crippen molar-refractivity contribution in [2.24, 2.45) is 5.73 Å². The maximum atomic E-state index is 12.9. The molecule has 3 rings (SSSR count). The maximum Gasteiger partial charge on any atom is 0.346 e. The van der Waals surface area contributed by atoms with E-state index in [0.29, 0.717) is 18.4 Å². The summed E-state index contributed by atoms with van der Waals surface area (Å²) in [6.07, 6.45) is 5.68. The van der Waals surface area contributed by atoms with Crippen molar-refractivity contribution in [3.63, 3.8) is 0 Å². The molecule has 0 bridgehead atoms. The van der Waals surface area contributed by atoms with Crippen molar-refractivity contribution >= 4 is 35.9 Å². The fourth-order valence-electron chi connectivity index (χ4n) is 2.41. The van der Waals surface area contributed by atoms with Gasteiger partial charge >= 0.3 is 5.69 Å². The van der Waals surface area contributed by atoms with Crippen molar-refractivity contribution in [2.75, 3.05) is 6.54 Å². The molecule has 0 aliphatic heterocycles. The Morgan fingerprint density at radius 3 is 2.61 bits per heavy atom. The Bertz CT molecular complexity index is 1020. The quantitative estimate of drug-likeness (QED) is 0.629. The first kappa shape index (κ1) is 21.7. The first-order valence-electron chi connectivity index (χ1n) is 8.22. The minimum atomic E-state index is -0.320. The van der Waals surface area contributed by atoms with Gasteiger partial charge < -0.3 is 5.73 Å². The molecule has 148 valence electrons. The molecule has 0 fully saturated rings. The van der Waals surface area contributed by atoms with Gasteiger partial charge in [0.15, 0.2) is 0 Å². The Morgan fingerprint density at radius 1 is 1.18 bits per heavy atom. The van der Waals surface area contributed by atoms with Crippen LogP contribution in [0.25, 0.3) is 12.2 Å². The number of hydrogen-bond acceptors (Lipinski definition) is 4. The fourth-order valence-corrected chi connectivity index (χ4v) is 3.33. The zero-order valence-corrected chi connectivity index (χ0v) is 16.4. The van der Waals surface area contributed by atoms with E-state index in [2.05, 4.69) is 5.10 Å². The average Bonchev–Trinajstić information content (AvgIpc) is 3.27. The van der Waals surface area contributed by atoms with Gasteiger partial charge in [-0.3, -0.25) is 4.57 Å². The Kier molecular flexibility index (Phi) is 7.86. The Labute approximate surface area is 170 Å². The lowest BCUT2D eigenvalue weighted by molar-refractivity contribution is 0.604. The largest absolute Gasteiger partial charge is 0.346 e. The molecule has 5 nitrogen and oxygen atoms in total. The van der Waals surface area contributed by atoms with Gasteiger partial charge in [0.1, 0.15) is 12.1 Å². The highest BCUT2D eigenvalue weighted by atomic mass is 35.5. The van der Waals surface area contributed by atoms with Crippen LogP contribution in [0.4, 0.5) is 8.78 Å². The Hall–Kier alpha value is -2.55. The predicted molar refractivity (Wildman–Crippen MR) is 111 cm³/mol. The number of halogens is 3. The lowest BCUT2D eigenvalue weighted by Gasteiger charge is -2.01. The summed E-state index contributed by atoms with van der Waals surface area (Å²) in [6.45, 7) is 0.449. The summed E-state index contributed by atoms with van der Waals surface area (Å²) in [5, 5.41) is 4.00. The van der Waals surface area contributed by atoms with Crippen LogP contribution in [0, 0.1) is 5.82 Å². The van der Waals surface area contributed by atoms with Crippen LogP contribution in [0.2, 0.25) is 0 Å². The molecule has 2 heterocycles. The molecule has 3 aromatic rings. The smallest absolute Gasteiger partial charge is 0.327 e. The summed E-state index contributed by atoms with van der Waals surface area (Å²) >= 11 is 1.54. The van der Waals surface area contributed by atoms with Gasteiger partial charge in [-0.2, -0.15) is 5.10 Å². The lowest BCUT2D eigenvalue weighted by Crippen LogP contribution is -2.26. The van der Waals surface area contributed by atoms with Gasteiger partial charge in [-0.05, 0) is 41.5 Å². The van der Waals surface area contributed by atoms with Crippen LogP contribution in [-0.2, 0) is 13.1 Å². The SMILES string of the molecule is Cl.NC/C(=C\F)Cn1ncn(Cc2ccc(/C=C/c3ccc(F)cc3)s2)c1=O. The summed E-state index contributed by atoms with van der Waals surface area (Å²) in [7, 11) is 0. The number of thiophene rings is 1. The third-order valence-corrected chi connectivity index (χ3v) is 4.92. The first-order valence-corrected chi connectivity index (χ1v) is 9.03. The van der Waals surface area contributed by atoms with Crippen molar-refractivity contribution in [1.29, 1.82) is 0 Å². The number of nitrogens with zero attached hydrogens (tertiary/aromatic N) is 3. The van der Waals surface area contributed by atoms with Gasteiger partial charge in [0.2, 0.25) is 0 Å². The molecule has 0 saturated heterocycles. The number of aromatic nitrogens is 3. The molecular weight excluding hydrogens is 406 g/mol. The summed E-state index contributed by atoms with van der Waals surface area (Å²) < 4.78 is 28.2. The van der Waals surface area contributed by atoms with Gasteiger partial charge in [-0.15, -0.1) is 23.7 Å². The molecule has 0 spiro atoms. The molecule has 0 aliphatic carbocycles.